The van der Waals surface area contributed by atoms with Crippen molar-refractivity contribution in [1.29, 1.82) is 0 Å². The van der Waals surface area contributed by atoms with E-state index in [1.807, 2.05) is 117 Å². The van der Waals surface area contributed by atoms with Gasteiger partial charge < -0.3 is 15.4 Å². The number of nitrogens with zero attached hydrogens (tertiary/aromatic N) is 7. The smallest absolute Gasteiger partial charge is 0.338 e. The lowest BCUT2D eigenvalue weighted by Gasteiger charge is -2.25. The maximum atomic E-state index is 14.7. The molecule has 0 aliphatic carbocycles. The summed E-state index contributed by atoms with van der Waals surface area (Å²) >= 11 is 0. The molecule has 1 aliphatic heterocycles. The molecule has 5 aromatic carbocycles. The van der Waals surface area contributed by atoms with Crippen LogP contribution in [0.1, 0.15) is 135 Å². The molecule has 80 heavy (non-hydrogen) atoms. The van der Waals surface area contributed by atoms with E-state index in [0.29, 0.717) is 46.2 Å². The van der Waals surface area contributed by atoms with Crippen LogP contribution in [0.5, 0.6) is 0 Å². The molecule has 1 amide bonds. The normalized spacial score (nSPS) is 12.6. The van der Waals surface area contributed by atoms with Crippen molar-refractivity contribution >= 4 is 54.0 Å². The average molecular weight is 1160 g/mol. The molecule has 9 rings (SSSR count). The van der Waals surface area contributed by atoms with Gasteiger partial charge in [0, 0.05) is 103 Å². The second kappa shape index (κ2) is 31.5. The Morgan fingerprint density at radius 1 is 0.675 bits per heavy atom. The maximum absolute atomic E-state index is 14.7. The predicted molar refractivity (Wildman–Crippen MR) is 320 cm³/mol. The van der Waals surface area contributed by atoms with Crippen LogP contribution >= 0.6 is 24.8 Å². The highest BCUT2D eigenvalue weighted by Crippen LogP contribution is 2.34. The predicted octanol–water partition coefficient (Wildman–Crippen LogP) is 13.6. The molecule has 0 saturated carbocycles. The summed E-state index contributed by atoms with van der Waals surface area (Å²) in [6.45, 7) is 11.6. The molecule has 4 unspecified atom stereocenters. The lowest BCUT2D eigenvalue weighted by Crippen LogP contribution is -2.35. The number of aldehydes is 1. The Kier molecular flexibility index (Phi) is 27.9. The number of aromatic nitrogens is 6. The minimum atomic E-state index is -1.24. The van der Waals surface area contributed by atoms with E-state index in [1.165, 1.54) is 25.3 Å². The molecular formula is C60H76Cl2F3N9O5S. The Morgan fingerprint density at radius 3 is 1.49 bits per heavy atom. The van der Waals surface area contributed by atoms with Crippen LogP contribution in [0.15, 0.2) is 140 Å². The largest absolute Gasteiger partial charge is 0.465 e. The molecule has 1 aliphatic rings. The SMILES string of the molecule is C.C.C.CC(N)c1ccc(-c2cnn(C)c2)cc1F.CC(NS(=O)C(C)(C)C)c1ccc(-c2cnn(C)c2)cc1F.CC(c1ccc(-c2cnn(C)c2)cc1F)N1Cc2ccccc2C1=O.COC(=O)c1ccccc1C=O.Cl.Cl. The van der Waals surface area contributed by atoms with Gasteiger partial charge in [0.1, 0.15) is 17.5 Å². The van der Waals surface area contributed by atoms with Gasteiger partial charge in [-0.2, -0.15) is 15.3 Å². The number of methoxy groups -OCH3 is 1. The first kappa shape index (κ1) is 70.8. The fourth-order valence-corrected chi connectivity index (χ4v) is 8.75. The van der Waals surface area contributed by atoms with Crippen molar-refractivity contribution in [3.05, 3.63) is 197 Å². The van der Waals surface area contributed by atoms with E-state index >= 15 is 0 Å². The lowest BCUT2D eigenvalue weighted by molar-refractivity contribution is 0.0597. The monoisotopic (exact) mass is 1160 g/mol. The molecule has 0 radical (unpaired) electrons. The number of hydrogen-bond donors (Lipinski definition) is 2. The molecule has 0 saturated heterocycles. The first-order chi connectivity index (χ1) is 35.6. The molecule has 3 aromatic heterocycles. The number of halogens is 5. The summed E-state index contributed by atoms with van der Waals surface area (Å²) in [5, 5.41) is 12.3. The van der Waals surface area contributed by atoms with Crippen molar-refractivity contribution in [2.24, 2.45) is 26.9 Å². The zero-order chi connectivity index (χ0) is 54.7. The van der Waals surface area contributed by atoms with Gasteiger partial charge in [-0.3, -0.25) is 23.6 Å². The average Bonchev–Trinajstić information content (AvgIpc) is 4.21. The van der Waals surface area contributed by atoms with E-state index in [9.17, 15) is 31.8 Å². The van der Waals surface area contributed by atoms with Crippen molar-refractivity contribution in [3.8, 4) is 33.4 Å². The quantitative estimate of drug-likeness (QED) is 0.0944. The zero-order valence-corrected chi connectivity index (χ0v) is 46.9. The lowest BCUT2D eigenvalue weighted by atomic mass is 10.0. The van der Waals surface area contributed by atoms with Crippen LogP contribution in [0.4, 0.5) is 13.2 Å². The number of benzene rings is 5. The summed E-state index contributed by atoms with van der Waals surface area (Å²) in [6.07, 6.45) is 11.3. The highest BCUT2D eigenvalue weighted by Gasteiger charge is 2.32. The van der Waals surface area contributed by atoms with Gasteiger partial charge in [0.15, 0.2) is 6.29 Å². The Bertz CT molecular complexity index is 3320. The standard InChI is InChI=1S/C20H18FN3O.C16H22FN3OS.C12H14FN3.C9H8O3.3CH4.2ClH/c1-13(24-12-15-5-3-4-6-18(15)20(24)25)17-8-7-14(9-19(17)21)16-10-22-23(2)11-16;1-11(19-22(21)16(2,3)4)14-7-6-12(8-15(14)17)13-9-18-20(5)10-13;1-8(14)11-4-3-9(5-12(11)13)10-6-15-16(2)7-10;1-12-9(11)8-5-3-2-4-7(8)6-10;;;;;/h3-11,13H,12H2,1-2H3;6-11,19H,1-5H3;3-8H,14H2,1-2H3;2-6H,1H3;3*1H4;2*1H. The molecule has 4 heterocycles. The van der Waals surface area contributed by atoms with Crippen LogP contribution < -0.4 is 10.5 Å². The fourth-order valence-electron chi connectivity index (χ4n) is 7.94. The van der Waals surface area contributed by atoms with Gasteiger partial charge in [-0.25, -0.2) is 26.9 Å². The van der Waals surface area contributed by atoms with Gasteiger partial charge in [0.25, 0.3) is 5.91 Å². The molecule has 8 aromatic rings. The van der Waals surface area contributed by atoms with Gasteiger partial charge in [0.2, 0.25) is 0 Å². The van der Waals surface area contributed by atoms with Crippen molar-refractivity contribution in [2.75, 3.05) is 7.11 Å². The number of amides is 1. The second-order valence-electron chi connectivity index (χ2n) is 18.9. The number of rotatable bonds is 11. The summed E-state index contributed by atoms with van der Waals surface area (Å²) in [6, 6.07) is 28.4. The third-order valence-corrected chi connectivity index (χ3v) is 13.9. The molecule has 20 heteroatoms. The molecule has 432 valence electrons. The summed E-state index contributed by atoms with van der Waals surface area (Å²) in [5.74, 6) is -1.42. The molecular weight excluding hydrogens is 1090 g/mol. The molecule has 3 N–H and O–H groups in total. The van der Waals surface area contributed by atoms with Gasteiger partial charge >= 0.3 is 5.97 Å². The molecule has 0 fully saturated rings. The number of nitrogens with two attached hydrogens (primary N) is 1. The first-order valence-corrected chi connectivity index (χ1v) is 25.1. The third kappa shape index (κ3) is 17.9. The van der Waals surface area contributed by atoms with Crippen molar-refractivity contribution in [3.63, 3.8) is 0 Å². The minimum Gasteiger partial charge on any atom is -0.465 e. The van der Waals surface area contributed by atoms with Gasteiger partial charge in [-0.05, 0) is 94.1 Å². The number of carbonyl (C=O) groups is 3. The Morgan fingerprint density at radius 2 is 1.10 bits per heavy atom. The van der Waals surface area contributed by atoms with Crippen LogP contribution in [0.3, 0.4) is 0 Å². The molecule has 14 nitrogen and oxygen atoms in total. The Hall–Kier alpha value is -7.22. The molecule has 0 spiro atoms. The topological polar surface area (TPSA) is 172 Å². The van der Waals surface area contributed by atoms with Crippen molar-refractivity contribution in [1.82, 2.24) is 39.0 Å². The van der Waals surface area contributed by atoms with Crippen LogP contribution in [-0.4, -0.2) is 68.5 Å². The highest BCUT2D eigenvalue weighted by molar-refractivity contribution is 7.84. The van der Waals surface area contributed by atoms with E-state index in [4.69, 9.17) is 5.73 Å². The number of nitrogens with one attached hydrogen (secondary N) is 1. The number of ether oxygens (including phenoxy) is 1. The van der Waals surface area contributed by atoms with E-state index in [1.54, 1.807) is 86.9 Å². The van der Waals surface area contributed by atoms with Crippen LogP contribution in [-0.2, 0) is 43.4 Å². The van der Waals surface area contributed by atoms with Crippen LogP contribution in [0, 0.1) is 17.5 Å². The zero-order valence-electron chi connectivity index (χ0n) is 44.4. The van der Waals surface area contributed by atoms with Crippen molar-refractivity contribution < 1.29 is 36.5 Å². The molecule has 0 bridgehead atoms. The summed E-state index contributed by atoms with van der Waals surface area (Å²) < 4.78 is 67.0. The van der Waals surface area contributed by atoms with E-state index in [2.05, 4.69) is 24.8 Å². The second-order valence-corrected chi connectivity index (χ2v) is 20.9. The first-order valence-electron chi connectivity index (χ1n) is 23.9. The van der Waals surface area contributed by atoms with Gasteiger partial charge in [-0.1, -0.05) is 95.1 Å². The summed E-state index contributed by atoms with van der Waals surface area (Å²) in [4.78, 5) is 35.8. The third-order valence-electron chi connectivity index (χ3n) is 12.2. The van der Waals surface area contributed by atoms with Crippen LogP contribution in [0.2, 0.25) is 0 Å². The number of esters is 1. The number of hydrogen-bond acceptors (Lipinski definition) is 9. The van der Waals surface area contributed by atoms with Gasteiger partial charge in [-0.15, -0.1) is 24.8 Å². The minimum absolute atomic E-state index is 0. The van der Waals surface area contributed by atoms with Gasteiger partial charge in [0.05, 0.1) is 53.0 Å². The highest BCUT2D eigenvalue weighted by atomic mass is 35.5. The summed E-state index contributed by atoms with van der Waals surface area (Å²) in [7, 11) is 5.51. The Labute approximate surface area is 484 Å². The number of fused-ring (bicyclic) bond motifs is 1. The van der Waals surface area contributed by atoms with Crippen molar-refractivity contribution in [2.45, 2.75) is 93.2 Å². The van der Waals surface area contributed by atoms with E-state index < -0.39 is 17.0 Å². The molecule has 4 atom stereocenters. The fraction of sp³-hybridized carbons (Fsp3) is 0.300. The van der Waals surface area contributed by atoms with E-state index in [-0.39, 0.29) is 93.3 Å². The number of aryl methyl sites for hydroxylation is 3. The Balaban J connectivity index is 0.000000539. The maximum Gasteiger partial charge on any atom is 0.338 e. The van der Waals surface area contributed by atoms with Crippen LogP contribution in [0.25, 0.3) is 33.4 Å². The van der Waals surface area contributed by atoms with E-state index in [0.717, 1.165) is 38.9 Å². The number of carbonyl (C=O) groups excluding carboxylic acids is 3. The summed E-state index contributed by atoms with van der Waals surface area (Å²) in [5.41, 5.74) is 14.6.